The first-order valence-corrected chi connectivity index (χ1v) is 6.08. The second-order valence-corrected chi connectivity index (χ2v) is 4.02. The average molecular weight is 287 g/mol. The second-order valence-electron chi connectivity index (χ2n) is 4.02. The lowest BCUT2D eigenvalue weighted by Gasteiger charge is -2.01. The molecule has 2 amide bonds. The van der Waals surface area contributed by atoms with Crippen LogP contribution in [0, 0.1) is 0 Å². The number of rotatable bonds is 4. The second kappa shape index (κ2) is 6.90. The molecular weight excluding hydrogens is 274 g/mol. The van der Waals surface area contributed by atoms with Crippen LogP contribution >= 0.6 is 0 Å². The maximum absolute atomic E-state index is 11.5. The van der Waals surface area contributed by atoms with Crippen LogP contribution in [0.5, 0.6) is 5.75 Å². The molecular formula is C14H13N3O4. The highest BCUT2D eigenvalue weighted by molar-refractivity contribution is 6.35. The van der Waals surface area contributed by atoms with Crippen LogP contribution in [0.25, 0.3) is 0 Å². The Labute approximate surface area is 120 Å². The molecule has 0 fully saturated rings. The molecule has 1 aromatic heterocycles. The van der Waals surface area contributed by atoms with Gasteiger partial charge in [0.15, 0.2) is 0 Å². The van der Waals surface area contributed by atoms with Crippen molar-refractivity contribution in [3.8, 4) is 5.75 Å². The van der Waals surface area contributed by atoms with E-state index >= 15 is 0 Å². The number of phenolic OH excluding ortho intramolecular Hbond substituents is 1. The third-order valence-corrected chi connectivity index (χ3v) is 2.52. The van der Waals surface area contributed by atoms with E-state index in [2.05, 4.69) is 15.8 Å². The maximum Gasteiger partial charge on any atom is 0.329 e. The van der Waals surface area contributed by atoms with E-state index in [1.165, 1.54) is 18.5 Å². The molecule has 1 heterocycles. The third kappa shape index (κ3) is 4.20. The molecule has 108 valence electrons. The van der Waals surface area contributed by atoms with Gasteiger partial charge in [-0.05, 0) is 24.3 Å². The highest BCUT2D eigenvalue weighted by atomic mass is 16.3. The Morgan fingerprint density at radius 2 is 2.00 bits per heavy atom. The van der Waals surface area contributed by atoms with Crippen molar-refractivity contribution >= 4 is 18.0 Å². The summed E-state index contributed by atoms with van der Waals surface area (Å²) >= 11 is 0. The monoisotopic (exact) mass is 287 g/mol. The first kappa shape index (κ1) is 14.3. The van der Waals surface area contributed by atoms with Crippen molar-refractivity contribution in [2.45, 2.75) is 6.54 Å². The molecule has 21 heavy (non-hydrogen) atoms. The van der Waals surface area contributed by atoms with Crippen molar-refractivity contribution in [1.82, 2.24) is 10.7 Å². The van der Waals surface area contributed by atoms with Crippen LogP contribution < -0.4 is 10.7 Å². The number of nitrogens with zero attached hydrogens (tertiary/aromatic N) is 1. The van der Waals surface area contributed by atoms with Crippen LogP contribution in [-0.2, 0) is 16.1 Å². The van der Waals surface area contributed by atoms with Crippen LogP contribution in [0.3, 0.4) is 0 Å². The maximum atomic E-state index is 11.5. The van der Waals surface area contributed by atoms with Crippen LogP contribution in [0.4, 0.5) is 0 Å². The predicted octanol–water partition coefficient (Wildman–Crippen LogP) is 0.752. The molecule has 2 aromatic rings. The molecule has 0 bridgehead atoms. The topological polar surface area (TPSA) is 104 Å². The lowest BCUT2D eigenvalue weighted by Crippen LogP contribution is -2.37. The quantitative estimate of drug-likeness (QED) is 0.438. The van der Waals surface area contributed by atoms with E-state index in [1.807, 2.05) is 0 Å². The molecule has 0 aliphatic carbocycles. The molecule has 1 aromatic carbocycles. The van der Waals surface area contributed by atoms with E-state index in [9.17, 15) is 14.7 Å². The van der Waals surface area contributed by atoms with Gasteiger partial charge in [-0.3, -0.25) is 9.59 Å². The summed E-state index contributed by atoms with van der Waals surface area (Å²) in [7, 11) is 0. The van der Waals surface area contributed by atoms with Crippen LogP contribution in [0.2, 0.25) is 0 Å². The van der Waals surface area contributed by atoms with Gasteiger partial charge in [0.05, 0.1) is 19.0 Å². The number of aromatic hydroxyl groups is 1. The number of benzene rings is 1. The number of phenols is 1. The van der Waals surface area contributed by atoms with Crippen molar-refractivity contribution in [3.63, 3.8) is 0 Å². The van der Waals surface area contributed by atoms with Gasteiger partial charge < -0.3 is 14.8 Å². The molecule has 0 aliphatic rings. The van der Waals surface area contributed by atoms with E-state index in [-0.39, 0.29) is 12.3 Å². The van der Waals surface area contributed by atoms with Gasteiger partial charge in [-0.25, -0.2) is 5.43 Å². The summed E-state index contributed by atoms with van der Waals surface area (Å²) in [5.74, 6) is -1.18. The van der Waals surface area contributed by atoms with Gasteiger partial charge in [-0.2, -0.15) is 5.10 Å². The summed E-state index contributed by atoms with van der Waals surface area (Å²) in [6.07, 6.45) is 2.71. The van der Waals surface area contributed by atoms with Gasteiger partial charge >= 0.3 is 11.8 Å². The van der Waals surface area contributed by atoms with Crippen LogP contribution in [0.1, 0.15) is 11.3 Å². The fourth-order valence-electron chi connectivity index (χ4n) is 1.47. The van der Waals surface area contributed by atoms with Crippen LogP contribution in [0.15, 0.2) is 52.2 Å². The van der Waals surface area contributed by atoms with Crippen molar-refractivity contribution in [2.24, 2.45) is 5.10 Å². The van der Waals surface area contributed by atoms with E-state index in [0.717, 1.165) is 0 Å². The third-order valence-electron chi connectivity index (χ3n) is 2.52. The summed E-state index contributed by atoms with van der Waals surface area (Å²) in [5.41, 5.74) is 2.49. The lowest BCUT2D eigenvalue weighted by molar-refractivity contribution is -0.139. The Bertz CT molecular complexity index is 650. The standard InChI is InChI=1S/C14H13N3O4/c18-12-6-2-1-4-10(12)8-16-17-14(20)13(19)15-9-11-5-3-7-21-11/h1-8,18H,9H2,(H,15,19)(H,17,20)/b16-8+. The van der Waals surface area contributed by atoms with Crippen molar-refractivity contribution in [1.29, 1.82) is 0 Å². The first-order chi connectivity index (χ1) is 10.2. The molecule has 0 saturated heterocycles. The zero-order valence-electron chi connectivity index (χ0n) is 10.9. The zero-order chi connectivity index (χ0) is 15.1. The van der Waals surface area contributed by atoms with Gasteiger partial charge in [0, 0.05) is 5.56 Å². The summed E-state index contributed by atoms with van der Waals surface area (Å²) in [6.45, 7) is 0.114. The van der Waals surface area contributed by atoms with Crippen molar-refractivity contribution < 1.29 is 19.1 Å². The normalized spacial score (nSPS) is 10.5. The minimum Gasteiger partial charge on any atom is -0.507 e. The zero-order valence-corrected chi connectivity index (χ0v) is 10.9. The number of para-hydroxylation sites is 1. The van der Waals surface area contributed by atoms with Gasteiger partial charge in [-0.1, -0.05) is 12.1 Å². The first-order valence-electron chi connectivity index (χ1n) is 6.08. The molecule has 3 N–H and O–H groups in total. The van der Waals surface area contributed by atoms with Gasteiger partial charge in [0.25, 0.3) is 0 Å². The van der Waals surface area contributed by atoms with Gasteiger partial charge in [0.1, 0.15) is 11.5 Å². The summed E-state index contributed by atoms with van der Waals surface area (Å²) < 4.78 is 5.01. The van der Waals surface area contributed by atoms with Crippen molar-refractivity contribution in [3.05, 3.63) is 54.0 Å². The summed E-state index contributed by atoms with van der Waals surface area (Å²) in [5, 5.41) is 15.5. The Kier molecular flexibility index (Phi) is 4.70. The highest BCUT2D eigenvalue weighted by Crippen LogP contribution is 2.12. The summed E-state index contributed by atoms with van der Waals surface area (Å²) in [4.78, 5) is 22.9. The highest BCUT2D eigenvalue weighted by Gasteiger charge is 2.12. The fourth-order valence-corrected chi connectivity index (χ4v) is 1.47. The minimum absolute atomic E-state index is 0.0257. The molecule has 7 heteroatoms. The Morgan fingerprint density at radius 3 is 2.71 bits per heavy atom. The number of furan rings is 1. The number of hydrogen-bond acceptors (Lipinski definition) is 5. The number of carbonyl (C=O) groups is 2. The molecule has 0 atom stereocenters. The number of hydrazone groups is 1. The number of amides is 2. The molecule has 0 saturated carbocycles. The lowest BCUT2D eigenvalue weighted by atomic mass is 10.2. The Hall–Kier alpha value is -3.09. The van der Waals surface area contributed by atoms with Gasteiger partial charge in [-0.15, -0.1) is 0 Å². The molecule has 7 nitrogen and oxygen atoms in total. The van der Waals surface area contributed by atoms with E-state index in [1.54, 1.807) is 30.3 Å². The van der Waals surface area contributed by atoms with Crippen LogP contribution in [-0.4, -0.2) is 23.1 Å². The predicted molar refractivity (Wildman–Crippen MR) is 74.4 cm³/mol. The molecule has 0 radical (unpaired) electrons. The summed E-state index contributed by atoms with van der Waals surface area (Å²) in [6, 6.07) is 9.82. The van der Waals surface area contributed by atoms with Crippen molar-refractivity contribution in [2.75, 3.05) is 0 Å². The van der Waals surface area contributed by atoms with E-state index in [0.29, 0.717) is 11.3 Å². The fraction of sp³-hybridized carbons (Fsp3) is 0.0714. The molecule has 2 rings (SSSR count). The minimum atomic E-state index is -0.909. The molecule has 0 aliphatic heterocycles. The number of carbonyl (C=O) groups excluding carboxylic acids is 2. The SMILES string of the molecule is O=C(NCc1ccco1)C(=O)N/N=C/c1ccccc1O. The number of nitrogens with one attached hydrogen (secondary N) is 2. The average Bonchev–Trinajstić information content (AvgIpc) is 3.00. The Morgan fingerprint density at radius 1 is 1.19 bits per heavy atom. The largest absolute Gasteiger partial charge is 0.507 e. The van der Waals surface area contributed by atoms with Gasteiger partial charge in [0.2, 0.25) is 0 Å². The van der Waals surface area contributed by atoms with E-state index < -0.39 is 11.8 Å². The number of hydrogen-bond donors (Lipinski definition) is 3. The smallest absolute Gasteiger partial charge is 0.329 e. The molecule has 0 spiro atoms. The molecule has 0 unspecified atom stereocenters. The van der Waals surface area contributed by atoms with E-state index in [4.69, 9.17) is 4.42 Å². The Balaban J connectivity index is 1.81.